The van der Waals surface area contributed by atoms with E-state index in [9.17, 15) is 9.59 Å². The van der Waals surface area contributed by atoms with Crippen LogP contribution in [0.25, 0.3) is 0 Å². The fourth-order valence-corrected chi connectivity index (χ4v) is 1.35. The number of ketones is 2. The van der Waals surface area contributed by atoms with Gasteiger partial charge in [0.2, 0.25) is 0 Å². The standard InChI is InChI=1S/C13H17NO2/c1-8(2)12(15)10-5-6-14-11(7-10)13(16)9(3)4/h5-9H,1-4H3. The van der Waals surface area contributed by atoms with Gasteiger partial charge in [-0.15, -0.1) is 0 Å². The predicted octanol–water partition coefficient (Wildman–Crippen LogP) is 2.76. The molecule has 0 atom stereocenters. The monoisotopic (exact) mass is 219 g/mol. The smallest absolute Gasteiger partial charge is 0.183 e. The van der Waals surface area contributed by atoms with Gasteiger partial charge in [0.15, 0.2) is 11.6 Å². The molecule has 0 radical (unpaired) electrons. The second-order valence-electron chi connectivity index (χ2n) is 4.47. The molecule has 86 valence electrons. The number of carbonyl (C=O) groups is 2. The molecule has 0 aliphatic rings. The lowest BCUT2D eigenvalue weighted by Gasteiger charge is -2.07. The van der Waals surface area contributed by atoms with Gasteiger partial charge in [-0.3, -0.25) is 14.6 Å². The quantitative estimate of drug-likeness (QED) is 0.731. The summed E-state index contributed by atoms with van der Waals surface area (Å²) in [5.41, 5.74) is 0.940. The predicted molar refractivity (Wildman–Crippen MR) is 62.6 cm³/mol. The van der Waals surface area contributed by atoms with Crippen LogP contribution in [0, 0.1) is 11.8 Å². The lowest BCUT2D eigenvalue weighted by atomic mass is 9.99. The number of pyridine rings is 1. The second kappa shape index (κ2) is 5.01. The third kappa shape index (κ3) is 2.75. The van der Waals surface area contributed by atoms with Crippen molar-refractivity contribution in [2.24, 2.45) is 11.8 Å². The van der Waals surface area contributed by atoms with Gasteiger partial charge < -0.3 is 0 Å². The maximum absolute atomic E-state index is 11.8. The maximum Gasteiger partial charge on any atom is 0.183 e. The van der Waals surface area contributed by atoms with E-state index >= 15 is 0 Å². The van der Waals surface area contributed by atoms with Gasteiger partial charge in [0.1, 0.15) is 5.69 Å². The largest absolute Gasteiger partial charge is 0.294 e. The first-order valence-electron chi connectivity index (χ1n) is 5.48. The number of nitrogens with zero attached hydrogens (tertiary/aromatic N) is 1. The molecule has 0 amide bonds. The third-order valence-electron chi connectivity index (χ3n) is 2.35. The number of hydrogen-bond acceptors (Lipinski definition) is 3. The molecule has 1 aromatic heterocycles. The summed E-state index contributed by atoms with van der Waals surface area (Å²) in [4.78, 5) is 27.5. The third-order valence-corrected chi connectivity index (χ3v) is 2.35. The van der Waals surface area contributed by atoms with Gasteiger partial charge in [-0.05, 0) is 12.1 Å². The van der Waals surface area contributed by atoms with Crippen molar-refractivity contribution in [1.82, 2.24) is 4.98 Å². The molecular weight excluding hydrogens is 202 g/mol. The van der Waals surface area contributed by atoms with Crippen LogP contribution in [0.5, 0.6) is 0 Å². The van der Waals surface area contributed by atoms with Gasteiger partial charge in [0.25, 0.3) is 0 Å². The van der Waals surface area contributed by atoms with Crippen LogP contribution in [-0.2, 0) is 0 Å². The minimum atomic E-state index is -0.100. The van der Waals surface area contributed by atoms with Crippen LogP contribution in [0.15, 0.2) is 18.3 Å². The Balaban J connectivity index is 3.05. The van der Waals surface area contributed by atoms with Gasteiger partial charge in [-0.2, -0.15) is 0 Å². The molecule has 1 rings (SSSR count). The Bertz CT molecular complexity index is 373. The number of carbonyl (C=O) groups excluding carboxylic acids is 2. The molecule has 0 aliphatic heterocycles. The Kier molecular flexibility index (Phi) is 3.93. The highest BCUT2D eigenvalue weighted by Gasteiger charge is 2.15. The molecular formula is C13H17NO2. The molecule has 0 saturated carbocycles. The second-order valence-corrected chi connectivity index (χ2v) is 4.47. The lowest BCUT2D eigenvalue weighted by molar-refractivity contribution is 0.0934. The minimum Gasteiger partial charge on any atom is -0.294 e. The Morgan fingerprint density at radius 2 is 1.62 bits per heavy atom. The van der Waals surface area contributed by atoms with E-state index in [1.165, 1.54) is 6.20 Å². The Hall–Kier alpha value is -1.51. The molecule has 0 aliphatic carbocycles. The zero-order chi connectivity index (χ0) is 12.3. The maximum atomic E-state index is 11.8. The summed E-state index contributed by atoms with van der Waals surface area (Å²) in [6, 6.07) is 3.24. The van der Waals surface area contributed by atoms with Crippen molar-refractivity contribution >= 4 is 11.6 Å². The molecule has 0 saturated heterocycles. The van der Waals surface area contributed by atoms with E-state index in [4.69, 9.17) is 0 Å². The molecule has 0 aromatic carbocycles. The highest BCUT2D eigenvalue weighted by molar-refractivity contribution is 6.01. The first-order valence-corrected chi connectivity index (χ1v) is 5.48. The van der Waals surface area contributed by atoms with Crippen molar-refractivity contribution in [3.05, 3.63) is 29.6 Å². The first kappa shape index (κ1) is 12.6. The van der Waals surface area contributed by atoms with E-state index in [0.717, 1.165) is 0 Å². The van der Waals surface area contributed by atoms with Gasteiger partial charge in [-0.25, -0.2) is 0 Å². The van der Waals surface area contributed by atoms with E-state index in [2.05, 4.69) is 4.98 Å². The highest BCUT2D eigenvalue weighted by atomic mass is 16.1. The summed E-state index contributed by atoms with van der Waals surface area (Å²) < 4.78 is 0. The zero-order valence-electron chi connectivity index (χ0n) is 10.2. The van der Waals surface area contributed by atoms with Crippen LogP contribution in [0.3, 0.4) is 0 Å². The molecule has 0 N–H and O–H groups in total. The Morgan fingerprint density at radius 1 is 1.06 bits per heavy atom. The molecule has 3 heteroatoms. The molecule has 0 fully saturated rings. The average molecular weight is 219 g/mol. The molecule has 0 spiro atoms. The summed E-state index contributed by atoms with van der Waals surface area (Å²) in [6.45, 7) is 7.32. The van der Waals surface area contributed by atoms with Crippen molar-refractivity contribution in [2.75, 3.05) is 0 Å². The molecule has 1 heterocycles. The van der Waals surface area contributed by atoms with Gasteiger partial charge in [0.05, 0.1) is 0 Å². The van der Waals surface area contributed by atoms with Crippen molar-refractivity contribution in [1.29, 1.82) is 0 Å². The number of Topliss-reactive ketones (excluding diaryl/α,β-unsaturated/α-hetero) is 2. The summed E-state index contributed by atoms with van der Waals surface area (Å²) in [5, 5.41) is 0. The molecule has 3 nitrogen and oxygen atoms in total. The number of rotatable bonds is 4. The fraction of sp³-hybridized carbons (Fsp3) is 0.462. The van der Waals surface area contributed by atoms with Gasteiger partial charge in [-0.1, -0.05) is 27.7 Å². The van der Waals surface area contributed by atoms with E-state index < -0.39 is 0 Å². The zero-order valence-corrected chi connectivity index (χ0v) is 10.2. The van der Waals surface area contributed by atoms with Crippen LogP contribution in [-0.4, -0.2) is 16.6 Å². The van der Waals surface area contributed by atoms with Crippen molar-refractivity contribution in [3.8, 4) is 0 Å². The van der Waals surface area contributed by atoms with Crippen LogP contribution < -0.4 is 0 Å². The lowest BCUT2D eigenvalue weighted by Crippen LogP contribution is -2.13. The number of hydrogen-bond donors (Lipinski definition) is 0. The van der Waals surface area contributed by atoms with Crippen LogP contribution >= 0.6 is 0 Å². The van der Waals surface area contributed by atoms with E-state index in [-0.39, 0.29) is 23.4 Å². The summed E-state index contributed by atoms with van der Waals surface area (Å²) in [6.07, 6.45) is 1.52. The topological polar surface area (TPSA) is 47.0 Å². The summed E-state index contributed by atoms with van der Waals surface area (Å²) in [5.74, 6) is -0.153. The summed E-state index contributed by atoms with van der Waals surface area (Å²) in [7, 11) is 0. The van der Waals surface area contributed by atoms with E-state index in [0.29, 0.717) is 11.3 Å². The molecule has 0 bridgehead atoms. The molecule has 16 heavy (non-hydrogen) atoms. The van der Waals surface area contributed by atoms with Crippen molar-refractivity contribution in [3.63, 3.8) is 0 Å². The van der Waals surface area contributed by atoms with Crippen LogP contribution in [0.4, 0.5) is 0 Å². The molecule has 0 unspecified atom stereocenters. The highest BCUT2D eigenvalue weighted by Crippen LogP contribution is 2.11. The number of aromatic nitrogens is 1. The fourth-order valence-electron chi connectivity index (χ4n) is 1.35. The van der Waals surface area contributed by atoms with Gasteiger partial charge >= 0.3 is 0 Å². The van der Waals surface area contributed by atoms with Crippen molar-refractivity contribution in [2.45, 2.75) is 27.7 Å². The SMILES string of the molecule is CC(C)C(=O)c1ccnc(C(=O)C(C)C)c1. The average Bonchev–Trinajstić information content (AvgIpc) is 2.26. The molecule has 1 aromatic rings. The first-order chi connectivity index (χ1) is 7.43. The normalized spacial score (nSPS) is 10.9. The van der Waals surface area contributed by atoms with Crippen LogP contribution in [0.2, 0.25) is 0 Å². The van der Waals surface area contributed by atoms with E-state index in [1.54, 1.807) is 12.1 Å². The van der Waals surface area contributed by atoms with Gasteiger partial charge in [0, 0.05) is 23.6 Å². The van der Waals surface area contributed by atoms with E-state index in [1.807, 2.05) is 27.7 Å². The van der Waals surface area contributed by atoms with Crippen LogP contribution in [0.1, 0.15) is 48.5 Å². The van der Waals surface area contributed by atoms with Crippen molar-refractivity contribution < 1.29 is 9.59 Å². The minimum absolute atomic E-state index is 0.0293. The summed E-state index contributed by atoms with van der Waals surface area (Å²) >= 11 is 0. The Labute approximate surface area is 95.9 Å². The Morgan fingerprint density at radius 3 is 2.12 bits per heavy atom.